The third-order valence-electron chi connectivity index (χ3n) is 5.59. The summed E-state index contributed by atoms with van der Waals surface area (Å²) in [6.07, 6.45) is 8.99. The van der Waals surface area contributed by atoms with Crippen LogP contribution in [0.15, 0.2) is 6.20 Å². The van der Waals surface area contributed by atoms with Gasteiger partial charge in [-0.15, -0.1) is 0 Å². The highest BCUT2D eigenvalue weighted by molar-refractivity contribution is 5.81. The number of hydrogen-bond acceptors (Lipinski definition) is 5. The lowest BCUT2D eigenvalue weighted by Gasteiger charge is -2.32. The number of aryl methyl sites for hydroxylation is 1. The lowest BCUT2D eigenvalue weighted by Crippen LogP contribution is -2.37. The maximum atomic E-state index is 12.1. The van der Waals surface area contributed by atoms with Gasteiger partial charge in [0.2, 0.25) is 11.9 Å². The lowest BCUT2D eigenvalue weighted by molar-refractivity contribution is -0.123. The van der Waals surface area contributed by atoms with Crippen LogP contribution in [0.3, 0.4) is 0 Å². The summed E-state index contributed by atoms with van der Waals surface area (Å²) < 4.78 is 0. The van der Waals surface area contributed by atoms with E-state index in [4.69, 9.17) is 4.98 Å². The minimum absolute atomic E-state index is 0.0797. The van der Waals surface area contributed by atoms with Crippen LogP contribution in [-0.4, -0.2) is 40.7 Å². The van der Waals surface area contributed by atoms with Gasteiger partial charge in [-0.25, -0.2) is 9.97 Å². The van der Waals surface area contributed by atoms with Gasteiger partial charge in [-0.05, 0) is 50.9 Å². The quantitative estimate of drug-likeness (QED) is 0.876. The number of nitrogens with zero attached hydrogens (tertiary/aromatic N) is 3. The van der Waals surface area contributed by atoms with Crippen molar-refractivity contribution in [1.29, 1.82) is 0 Å². The molecule has 6 nitrogen and oxygen atoms in total. The van der Waals surface area contributed by atoms with Gasteiger partial charge in [0.15, 0.2) is 0 Å². The van der Waals surface area contributed by atoms with E-state index in [9.17, 15) is 9.90 Å². The Balaban J connectivity index is 1.47. The van der Waals surface area contributed by atoms with E-state index in [1.165, 1.54) is 0 Å². The molecule has 4 rings (SSSR count). The molecule has 2 fully saturated rings. The molecule has 24 heavy (non-hydrogen) atoms. The third-order valence-corrected chi connectivity index (χ3v) is 5.59. The van der Waals surface area contributed by atoms with Gasteiger partial charge in [0.1, 0.15) is 0 Å². The minimum atomic E-state index is 0.0797. The molecule has 1 aromatic rings. The standard InChI is InChI=1S/C18H26N4O2/c23-11-12-6-8-22(9-7-12)18-19-10-14-15(2-1-3-16(14)21-18)20-17(24)13-4-5-13/h10,12-13,15,23H,1-9,11H2,(H,20,24). The van der Waals surface area contributed by atoms with Crippen molar-refractivity contribution >= 4 is 11.9 Å². The monoisotopic (exact) mass is 330 g/mol. The molecule has 1 aliphatic heterocycles. The van der Waals surface area contributed by atoms with E-state index < -0.39 is 0 Å². The molecule has 130 valence electrons. The molecule has 1 unspecified atom stereocenters. The molecular weight excluding hydrogens is 304 g/mol. The van der Waals surface area contributed by atoms with Crippen LogP contribution in [0, 0.1) is 11.8 Å². The Morgan fingerprint density at radius 2 is 2.04 bits per heavy atom. The van der Waals surface area contributed by atoms with Crippen LogP contribution in [0.1, 0.15) is 55.8 Å². The fourth-order valence-corrected chi connectivity index (χ4v) is 3.79. The van der Waals surface area contributed by atoms with E-state index >= 15 is 0 Å². The summed E-state index contributed by atoms with van der Waals surface area (Å²) in [4.78, 5) is 23.7. The summed E-state index contributed by atoms with van der Waals surface area (Å²) in [6, 6.07) is 0.0797. The van der Waals surface area contributed by atoms with Crippen LogP contribution in [0.2, 0.25) is 0 Å². The molecular formula is C18H26N4O2. The molecule has 0 bridgehead atoms. The summed E-state index contributed by atoms with van der Waals surface area (Å²) in [5, 5.41) is 12.5. The van der Waals surface area contributed by atoms with Crippen LogP contribution in [0.4, 0.5) is 5.95 Å². The van der Waals surface area contributed by atoms with E-state index in [1.54, 1.807) is 0 Å². The lowest BCUT2D eigenvalue weighted by atomic mass is 9.92. The second kappa shape index (κ2) is 6.67. The van der Waals surface area contributed by atoms with Crippen LogP contribution >= 0.6 is 0 Å². The number of fused-ring (bicyclic) bond motifs is 1. The first kappa shape index (κ1) is 15.8. The number of nitrogens with one attached hydrogen (secondary N) is 1. The maximum absolute atomic E-state index is 12.1. The van der Waals surface area contributed by atoms with Gasteiger partial charge in [0.05, 0.1) is 11.7 Å². The Morgan fingerprint density at radius 3 is 2.75 bits per heavy atom. The van der Waals surface area contributed by atoms with E-state index in [1.807, 2.05) is 6.20 Å². The fraction of sp³-hybridized carbons (Fsp3) is 0.722. The van der Waals surface area contributed by atoms with Crippen molar-refractivity contribution in [2.45, 2.75) is 51.0 Å². The number of amides is 1. The molecule has 0 aromatic carbocycles. The van der Waals surface area contributed by atoms with E-state index in [0.29, 0.717) is 5.92 Å². The minimum Gasteiger partial charge on any atom is -0.396 e. The van der Waals surface area contributed by atoms with Crippen molar-refractivity contribution in [3.05, 3.63) is 17.5 Å². The zero-order chi connectivity index (χ0) is 16.5. The summed E-state index contributed by atoms with van der Waals surface area (Å²) in [7, 11) is 0. The molecule has 1 atom stereocenters. The van der Waals surface area contributed by atoms with Crippen LogP contribution in [0.5, 0.6) is 0 Å². The second-order valence-electron chi connectivity index (χ2n) is 7.41. The fourth-order valence-electron chi connectivity index (χ4n) is 3.79. The number of aromatic nitrogens is 2. The molecule has 0 radical (unpaired) electrons. The van der Waals surface area contributed by atoms with E-state index in [2.05, 4.69) is 15.2 Å². The molecule has 1 saturated heterocycles. The number of carbonyl (C=O) groups excluding carboxylic acids is 1. The average Bonchev–Trinajstić information content (AvgIpc) is 3.47. The van der Waals surface area contributed by atoms with Crippen molar-refractivity contribution in [2.24, 2.45) is 11.8 Å². The summed E-state index contributed by atoms with van der Waals surface area (Å²) >= 11 is 0. The highest BCUT2D eigenvalue weighted by Gasteiger charge is 2.33. The zero-order valence-corrected chi connectivity index (χ0v) is 14.1. The zero-order valence-electron chi connectivity index (χ0n) is 14.1. The van der Waals surface area contributed by atoms with Crippen molar-refractivity contribution in [3.63, 3.8) is 0 Å². The van der Waals surface area contributed by atoms with Gasteiger partial charge < -0.3 is 15.3 Å². The smallest absolute Gasteiger partial charge is 0.225 e. The SMILES string of the molecule is O=C(NC1CCCc2nc(N3CCC(CO)CC3)ncc21)C1CC1. The normalized spacial score (nSPS) is 24.5. The van der Waals surface area contributed by atoms with Crippen molar-refractivity contribution < 1.29 is 9.90 Å². The molecule has 3 aliphatic rings. The molecule has 6 heteroatoms. The highest BCUT2D eigenvalue weighted by Crippen LogP contribution is 2.33. The number of piperidine rings is 1. The summed E-state index contributed by atoms with van der Waals surface area (Å²) in [6.45, 7) is 2.10. The number of anilines is 1. The number of aliphatic hydroxyl groups excluding tert-OH is 1. The van der Waals surface area contributed by atoms with Gasteiger partial charge in [-0.1, -0.05) is 0 Å². The van der Waals surface area contributed by atoms with Crippen molar-refractivity contribution in [1.82, 2.24) is 15.3 Å². The summed E-state index contributed by atoms with van der Waals surface area (Å²) in [5.74, 6) is 1.66. The first-order valence-electron chi connectivity index (χ1n) is 9.26. The number of carbonyl (C=O) groups is 1. The number of aliphatic hydroxyl groups is 1. The van der Waals surface area contributed by atoms with Gasteiger partial charge in [-0.2, -0.15) is 0 Å². The van der Waals surface area contributed by atoms with Crippen LogP contribution in [-0.2, 0) is 11.2 Å². The molecule has 2 N–H and O–H groups in total. The van der Waals surface area contributed by atoms with Crippen molar-refractivity contribution in [3.8, 4) is 0 Å². The first-order valence-corrected chi connectivity index (χ1v) is 9.26. The number of hydrogen-bond donors (Lipinski definition) is 2. The molecule has 2 aliphatic carbocycles. The van der Waals surface area contributed by atoms with Crippen LogP contribution in [0.25, 0.3) is 0 Å². The summed E-state index contributed by atoms with van der Waals surface area (Å²) in [5.41, 5.74) is 2.20. The molecule has 0 spiro atoms. The number of rotatable bonds is 4. The topological polar surface area (TPSA) is 78.4 Å². The predicted octanol–water partition coefficient (Wildman–Crippen LogP) is 1.59. The molecule has 1 amide bonds. The Kier molecular flexibility index (Phi) is 4.39. The van der Waals surface area contributed by atoms with Crippen molar-refractivity contribution in [2.75, 3.05) is 24.6 Å². The van der Waals surface area contributed by atoms with E-state index in [-0.39, 0.29) is 24.5 Å². The average molecular weight is 330 g/mol. The van der Waals surface area contributed by atoms with Gasteiger partial charge in [0.25, 0.3) is 0 Å². The predicted molar refractivity (Wildman–Crippen MR) is 90.6 cm³/mol. The molecule has 1 aromatic heterocycles. The molecule has 1 saturated carbocycles. The Hall–Kier alpha value is -1.69. The second-order valence-corrected chi connectivity index (χ2v) is 7.41. The highest BCUT2D eigenvalue weighted by atomic mass is 16.3. The van der Waals surface area contributed by atoms with Gasteiger partial charge in [-0.3, -0.25) is 4.79 Å². The van der Waals surface area contributed by atoms with E-state index in [0.717, 1.165) is 75.2 Å². The first-order chi connectivity index (χ1) is 11.7. The van der Waals surface area contributed by atoms with Gasteiger partial charge >= 0.3 is 0 Å². The molecule has 2 heterocycles. The largest absolute Gasteiger partial charge is 0.396 e. The third kappa shape index (κ3) is 3.24. The Morgan fingerprint density at radius 1 is 1.25 bits per heavy atom. The Labute approximate surface area is 142 Å². The van der Waals surface area contributed by atoms with Crippen LogP contribution < -0.4 is 10.2 Å². The van der Waals surface area contributed by atoms with Gasteiger partial charge in [0, 0.05) is 37.4 Å². The Bertz CT molecular complexity index is 609. The maximum Gasteiger partial charge on any atom is 0.225 e.